The predicted molar refractivity (Wildman–Crippen MR) is 59.3 cm³/mol. The van der Waals surface area contributed by atoms with Gasteiger partial charge in [-0.2, -0.15) is 0 Å². The highest BCUT2D eigenvalue weighted by Gasteiger charge is 2.48. The molecule has 0 aromatic rings. The molecule has 0 N–H and O–H groups in total. The van der Waals surface area contributed by atoms with E-state index in [1.165, 1.54) is 0 Å². The molecule has 2 rings (SSSR count). The summed E-state index contributed by atoms with van der Waals surface area (Å²) in [6, 6.07) is 0. The van der Waals surface area contributed by atoms with Crippen molar-refractivity contribution in [3.8, 4) is 0 Å². The molecule has 0 amide bonds. The number of allylic oxidation sites excluding steroid dienone is 1. The first kappa shape index (κ1) is 10.2. The Labute approximate surface area is 90.3 Å². The van der Waals surface area contributed by atoms with Crippen LogP contribution in [0.1, 0.15) is 26.2 Å². The molecule has 0 heterocycles. The number of esters is 1. The van der Waals surface area contributed by atoms with E-state index in [0.29, 0.717) is 11.5 Å². The number of hydrogen-bond donors (Lipinski definition) is 0. The minimum absolute atomic E-state index is 0.287. The molecule has 2 unspecified atom stereocenters. The van der Waals surface area contributed by atoms with E-state index in [-0.39, 0.29) is 11.6 Å². The third kappa shape index (κ3) is 1.54. The topological polar surface area (TPSA) is 26.3 Å². The number of carbonyl (C=O) groups excluding carboxylic acids is 1. The van der Waals surface area contributed by atoms with Gasteiger partial charge in [0.25, 0.3) is 0 Å². The summed E-state index contributed by atoms with van der Waals surface area (Å²) in [7, 11) is 0. The maximum atomic E-state index is 11.6. The molecule has 2 bridgehead atoms. The van der Waals surface area contributed by atoms with E-state index in [4.69, 9.17) is 4.74 Å². The number of hydrogen-bond acceptors (Lipinski definition) is 2. The number of ether oxygens (including phenoxy) is 1. The van der Waals surface area contributed by atoms with Crippen molar-refractivity contribution >= 4 is 5.97 Å². The van der Waals surface area contributed by atoms with Crippen LogP contribution in [-0.4, -0.2) is 11.6 Å². The molecule has 2 aliphatic carbocycles. The molecule has 80 valence electrons. The monoisotopic (exact) mass is 204 g/mol. The average molecular weight is 204 g/mol. The van der Waals surface area contributed by atoms with Crippen LogP contribution in [0.2, 0.25) is 0 Å². The quantitative estimate of drug-likeness (QED) is 0.522. The van der Waals surface area contributed by atoms with Crippen molar-refractivity contribution < 1.29 is 9.53 Å². The molecule has 0 aromatic heterocycles. The van der Waals surface area contributed by atoms with Crippen LogP contribution in [0.3, 0.4) is 0 Å². The van der Waals surface area contributed by atoms with Gasteiger partial charge in [-0.05, 0) is 37.7 Å². The number of fused-ring (bicyclic) bond motifs is 2. The van der Waals surface area contributed by atoms with E-state index in [2.05, 4.69) is 19.2 Å². The Hall–Kier alpha value is -1.31. The Bertz CT molecular complexity index is 365. The van der Waals surface area contributed by atoms with Crippen molar-refractivity contribution in [2.75, 3.05) is 0 Å². The lowest BCUT2D eigenvalue weighted by molar-refractivity contribution is -0.150. The van der Waals surface area contributed by atoms with Gasteiger partial charge >= 0.3 is 5.97 Å². The van der Waals surface area contributed by atoms with E-state index < -0.39 is 0 Å². The zero-order valence-corrected chi connectivity index (χ0v) is 9.08. The Morgan fingerprint density at radius 3 is 3.00 bits per heavy atom. The smallest absolute Gasteiger partial charge is 0.333 e. The van der Waals surface area contributed by atoms with E-state index >= 15 is 0 Å². The van der Waals surface area contributed by atoms with Crippen molar-refractivity contribution in [2.24, 2.45) is 5.92 Å². The lowest BCUT2D eigenvalue weighted by atomic mass is 9.93. The molecule has 0 saturated heterocycles. The van der Waals surface area contributed by atoms with Crippen molar-refractivity contribution in [1.82, 2.24) is 0 Å². The normalized spacial score (nSPS) is 32.3. The van der Waals surface area contributed by atoms with Crippen LogP contribution >= 0.6 is 0 Å². The highest BCUT2D eigenvalue weighted by Crippen LogP contribution is 2.50. The second-order valence-corrected chi connectivity index (χ2v) is 4.49. The standard InChI is InChI=1S/C13H16O2/c1-4-11-7-10-5-6-13(11,8-10)15-12(14)9(2)3/h4,7,10H,1-2,5-6,8H2,3H3. The number of carbonyl (C=O) groups is 1. The van der Waals surface area contributed by atoms with Crippen LogP contribution in [0, 0.1) is 5.92 Å². The third-order valence-corrected chi connectivity index (χ3v) is 3.31. The predicted octanol–water partition coefficient (Wildman–Crippen LogP) is 2.77. The number of rotatable bonds is 3. The lowest BCUT2D eigenvalue weighted by Gasteiger charge is -2.28. The molecule has 15 heavy (non-hydrogen) atoms. The summed E-state index contributed by atoms with van der Waals surface area (Å²) in [5.74, 6) is 0.279. The molecule has 1 saturated carbocycles. The Balaban J connectivity index is 2.20. The van der Waals surface area contributed by atoms with Gasteiger partial charge in [0.2, 0.25) is 0 Å². The van der Waals surface area contributed by atoms with Crippen molar-refractivity contribution in [1.29, 1.82) is 0 Å². The minimum atomic E-state index is -0.386. The van der Waals surface area contributed by atoms with Crippen molar-refractivity contribution in [2.45, 2.75) is 31.8 Å². The fraction of sp³-hybridized carbons (Fsp3) is 0.462. The van der Waals surface area contributed by atoms with E-state index in [1.54, 1.807) is 6.92 Å². The third-order valence-electron chi connectivity index (χ3n) is 3.31. The Kier molecular flexibility index (Phi) is 2.29. The first-order valence-corrected chi connectivity index (χ1v) is 5.31. The lowest BCUT2D eigenvalue weighted by Crippen LogP contribution is -2.32. The molecule has 2 heteroatoms. The van der Waals surface area contributed by atoms with Crippen molar-refractivity contribution in [3.63, 3.8) is 0 Å². The molecule has 0 aromatic carbocycles. The summed E-state index contributed by atoms with van der Waals surface area (Å²) >= 11 is 0. The molecule has 0 aliphatic heterocycles. The molecule has 2 nitrogen and oxygen atoms in total. The first-order valence-electron chi connectivity index (χ1n) is 5.31. The second kappa shape index (κ2) is 3.37. The van der Waals surface area contributed by atoms with Crippen molar-refractivity contribution in [3.05, 3.63) is 36.5 Å². The molecule has 2 aliphatic rings. The highest BCUT2D eigenvalue weighted by atomic mass is 16.6. The fourth-order valence-electron chi connectivity index (χ4n) is 2.53. The largest absolute Gasteiger partial charge is 0.451 e. The van der Waals surface area contributed by atoms with Gasteiger partial charge in [-0.15, -0.1) is 0 Å². The maximum Gasteiger partial charge on any atom is 0.333 e. The zero-order chi connectivity index (χ0) is 11.1. The minimum Gasteiger partial charge on any atom is -0.451 e. The summed E-state index contributed by atoms with van der Waals surface area (Å²) in [6.07, 6.45) is 6.95. The Morgan fingerprint density at radius 1 is 1.73 bits per heavy atom. The van der Waals surface area contributed by atoms with Crippen LogP contribution in [0.15, 0.2) is 36.5 Å². The van der Waals surface area contributed by atoms with Gasteiger partial charge in [-0.25, -0.2) is 4.79 Å². The molecule has 1 fully saturated rings. The van der Waals surface area contributed by atoms with Crippen LogP contribution in [0.5, 0.6) is 0 Å². The summed E-state index contributed by atoms with van der Waals surface area (Å²) in [5, 5.41) is 0. The zero-order valence-electron chi connectivity index (χ0n) is 9.08. The van der Waals surface area contributed by atoms with Gasteiger partial charge in [0.05, 0.1) is 0 Å². The van der Waals surface area contributed by atoms with Crippen LogP contribution < -0.4 is 0 Å². The Morgan fingerprint density at radius 2 is 2.47 bits per heavy atom. The summed E-state index contributed by atoms with van der Waals surface area (Å²) in [4.78, 5) is 11.6. The van der Waals surface area contributed by atoms with Crippen LogP contribution in [0.25, 0.3) is 0 Å². The first-order chi connectivity index (χ1) is 7.07. The van der Waals surface area contributed by atoms with Crippen LogP contribution in [0.4, 0.5) is 0 Å². The van der Waals surface area contributed by atoms with Gasteiger partial charge in [0, 0.05) is 5.57 Å². The SMILES string of the molecule is C=CC1=CC2CCC1(OC(=O)C(=C)C)C2. The summed E-state index contributed by atoms with van der Waals surface area (Å²) in [5.41, 5.74) is 1.15. The highest BCUT2D eigenvalue weighted by molar-refractivity contribution is 5.87. The summed E-state index contributed by atoms with van der Waals surface area (Å²) < 4.78 is 5.58. The molecule has 0 spiro atoms. The summed E-state index contributed by atoms with van der Waals surface area (Å²) in [6.45, 7) is 9.06. The second-order valence-electron chi connectivity index (χ2n) is 4.49. The molecular weight excluding hydrogens is 188 g/mol. The van der Waals surface area contributed by atoms with E-state index in [1.807, 2.05) is 6.08 Å². The van der Waals surface area contributed by atoms with Gasteiger partial charge in [0.15, 0.2) is 0 Å². The van der Waals surface area contributed by atoms with Gasteiger partial charge in [-0.1, -0.05) is 25.3 Å². The van der Waals surface area contributed by atoms with Gasteiger partial charge < -0.3 is 4.74 Å². The van der Waals surface area contributed by atoms with E-state index in [0.717, 1.165) is 24.8 Å². The van der Waals surface area contributed by atoms with Gasteiger partial charge in [0.1, 0.15) is 5.60 Å². The average Bonchev–Trinajstić information content (AvgIpc) is 2.73. The molecular formula is C13H16O2. The molecule has 0 radical (unpaired) electrons. The molecule has 2 atom stereocenters. The fourth-order valence-corrected chi connectivity index (χ4v) is 2.53. The van der Waals surface area contributed by atoms with E-state index in [9.17, 15) is 4.79 Å². The maximum absolute atomic E-state index is 11.6. The van der Waals surface area contributed by atoms with Crippen LogP contribution in [-0.2, 0) is 9.53 Å². The van der Waals surface area contributed by atoms with Gasteiger partial charge in [-0.3, -0.25) is 0 Å².